The highest BCUT2D eigenvalue weighted by atomic mass is 32.3. The van der Waals surface area contributed by atoms with E-state index in [9.17, 15) is 4.79 Å². The molecule has 0 aliphatic heterocycles. The number of fused-ring (bicyclic) bond motifs is 2. The third kappa shape index (κ3) is 7.16. The van der Waals surface area contributed by atoms with E-state index >= 15 is 0 Å². The van der Waals surface area contributed by atoms with Crippen LogP contribution in [0.2, 0.25) is 0 Å². The number of amides is 1. The van der Waals surface area contributed by atoms with E-state index in [1.54, 1.807) is 13.3 Å². The number of pyridine rings is 2. The van der Waals surface area contributed by atoms with E-state index in [1.807, 2.05) is 43.8 Å². The molecule has 0 unspecified atom stereocenters. The number of aromatic nitrogens is 3. The van der Waals surface area contributed by atoms with Crippen molar-refractivity contribution < 1.29 is 19.0 Å². The molecule has 0 fully saturated rings. The molecule has 9 heteroatoms. The van der Waals surface area contributed by atoms with Gasteiger partial charge in [-0.05, 0) is 87.3 Å². The zero-order valence-corrected chi connectivity index (χ0v) is 27.2. The standard InChI is InChI=1S/C34H44N4O4S/c1-33(2,3)42-32(39)37-22-34(19-25-10-8-9-11-26(25)20-34)29-18-24(12-14-35-29)30-27-13-15-38(23-41-16-17-43(5,6)7)31(27)36-21-28(30)40-4/h8-15,18,21H,16-17,19-20,22-23H2,1-7H3,(H,37,39). The summed E-state index contributed by atoms with van der Waals surface area (Å²) in [5.41, 5.74) is 5.24. The first-order valence-electron chi connectivity index (χ1n) is 14.6. The molecule has 0 saturated carbocycles. The van der Waals surface area contributed by atoms with Crippen molar-refractivity contribution >= 4 is 27.2 Å². The Bertz CT molecular complexity index is 1580. The molecule has 0 bridgehead atoms. The zero-order chi connectivity index (χ0) is 30.8. The average molecular weight is 605 g/mol. The molecule has 1 aliphatic carbocycles. The average Bonchev–Trinajstić information content (AvgIpc) is 3.54. The van der Waals surface area contributed by atoms with Crippen LogP contribution in [0.15, 0.2) is 61.1 Å². The molecule has 3 heterocycles. The molecule has 0 atom stereocenters. The minimum absolute atomic E-state index is 0.403. The van der Waals surface area contributed by atoms with Gasteiger partial charge in [0.1, 0.15) is 23.7 Å². The molecule has 5 rings (SSSR count). The molecule has 43 heavy (non-hydrogen) atoms. The van der Waals surface area contributed by atoms with Crippen LogP contribution in [-0.2, 0) is 34.5 Å². The van der Waals surface area contributed by atoms with Crippen LogP contribution in [0.4, 0.5) is 4.79 Å². The highest BCUT2D eigenvalue weighted by molar-refractivity contribution is 8.32. The number of rotatable bonds is 10. The van der Waals surface area contributed by atoms with Crippen LogP contribution in [0.3, 0.4) is 0 Å². The molecular weight excluding hydrogens is 560 g/mol. The Labute approximate surface area is 256 Å². The minimum Gasteiger partial charge on any atom is -0.494 e. The Morgan fingerprint density at radius 1 is 1.07 bits per heavy atom. The molecule has 4 aromatic rings. The van der Waals surface area contributed by atoms with Gasteiger partial charge in [0.15, 0.2) is 0 Å². The van der Waals surface area contributed by atoms with E-state index in [4.69, 9.17) is 24.2 Å². The second-order valence-electron chi connectivity index (χ2n) is 13.2. The topological polar surface area (TPSA) is 87.5 Å². The van der Waals surface area contributed by atoms with Gasteiger partial charge in [-0.15, -0.1) is 0 Å². The third-order valence-electron chi connectivity index (χ3n) is 7.78. The lowest BCUT2D eigenvalue weighted by atomic mass is 9.80. The Hall–Kier alpha value is -3.56. The number of methoxy groups -OCH3 is 1. The minimum atomic E-state index is -0.613. The molecule has 0 spiro atoms. The molecule has 1 amide bonds. The third-order valence-corrected chi connectivity index (χ3v) is 9.17. The maximum atomic E-state index is 12.7. The van der Waals surface area contributed by atoms with Crippen LogP contribution in [0.25, 0.3) is 22.2 Å². The number of alkyl carbamates (subject to hydrolysis) is 1. The summed E-state index contributed by atoms with van der Waals surface area (Å²) in [6, 6.07) is 14.7. The largest absolute Gasteiger partial charge is 0.494 e. The summed E-state index contributed by atoms with van der Waals surface area (Å²) in [6.07, 6.45) is 13.6. The fourth-order valence-corrected chi connectivity index (χ4v) is 6.29. The van der Waals surface area contributed by atoms with Crippen LogP contribution in [0, 0.1) is 0 Å². The SMILES string of the molecule is COc1cnc2c(ccn2COCCS(C)(C)C)c1-c1ccnc(C2(CNC(=O)OC(C)(C)C)Cc3ccccc3C2)c1. The summed E-state index contributed by atoms with van der Waals surface area (Å²) in [4.78, 5) is 22.4. The number of ether oxygens (including phenoxy) is 3. The monoisotopic (exact) mass is 604 g/mol. The smallest absolute Gasteiger partial charge is 0.407 e. The molecule has 1 N–H and O–H groups in total. The van der Waals surface area contributed by atoms with Gasteiger partial charge in [-0.25, -0.2) is 19.8 Å². The van der Waals surface area contributed by atoms with Gasteiger partial charge >= 0.3 is 6.09 Å². The van der Waals surface area contributed by atoms with Gasteiger partial charge in [-0.2, -0.15) is 0 Å². The number of hydrogen-bond donors (Lipinski definition) is 1. The second-order valence-corrected chi connectivity index (χ2v) is 17.8. The number of hydrogen-bond acceptors (Lipinski definition) is 6. The van der Waals surface area contributed by atoms with E-state index in [0.29, 0.717) is 19.0 Å². The van der Waals surface area contributed by atoms with Gasteiger partial charge in [0.25, 0.3) is 0 Å². The molecule has 0 saturated heterocycles. The van der Waals surface area contributed by atoms with E-state index in [2.05, 4.69) is 60.5 Å². The summed E-state index contributed by atoms with van der Waals surface area (Å²) in [5, 5.41) is 4.04. The predicted octanol–water partition coefficient (Wildman–Crippen LogP) is 6.34. The van der Waals surface area contributed by atoms with Crippen molar-refractivity contribution in [3.63, 3.8) is 0 Å². The van der Waals surface area contributed by atoms with Crippen molar-refractivity contribution in [2.24, 2.45) is 0 Å². The molecular formula is C34H44N4O4S. The normalized spacial score (nSPS) is 14.9. The Morgan fingerprint density at radius 2 is 1.79 bits per heavy atom. The van der Waals surface area contributed by atoms with Crippen LogP contribution in [-0.4, -0.2) is 71.0 Å². The van der Waals surface area contributed by atoms with Crippen molar-refractivity contribution in [2.75, 3.05) is 44.8 Å². The highest BCUT2D eigenvalue weighted by Gasteiger charge is 2.41. The number of carbonyl (C=O) groups excluding carboxylic acids is 1. The van der Waals surface area contributed by atoms with Crippen molar-refractivity contribution in [3.05, 3.63) is 77.9 Å². The Balaban J connectivity index is 1.49. The van der Waals surface area contributed by atoms with E-state index < -0.39 is 27.1 Å². The summed E-state index contributed by atoms with van der Waals surface area (Å²) < 4.78 is 19.5. The fraction of sp³-hybridized carbons (Fsp3) is 0.441. The number of carbonyl (C=O) groups is 1. The van der Waals surface area contributed by atoms with Gasteiger partial charge in [0.05, 0.1) is 19.9 Å². The summed E-state index contributed by atoms with van der Waals surface area (Å²) in [7, 11) is 1.06. The summed E-state index contributed by atoms with van der Waals surface area (Å²) >= 11 is 0. The van der Waals surface area contributed by atoms with Gasteiger partial charge in [-0.3, -0.25) is 4.98 Å². The molecule has 1 aliphatic rings. The van der Waals surface area contributed by atoms with Gasteiger partial charge < -0.3 is 24.1 Å². The van der Waals surface area contributed by atoms with Gasteiger partial charge in [-0.1, -0.05) is 24.3 Å². The maximum Gasteiger partial charge on any atom is 0.407 e. The van der Waals surface area contributed by atoms with E-state index in [0.717, 1.165) is 53.1 Å². The quantitative estimate of drug-likeness (QED) is 0.213. The van der Waals surface area contributed by atoms with Crippen LogP contribution in [0.5, 0.6) is 5.75 Å². The van der Waals surface area contributed by atoms with Crippen LogP contribution >= 0.6 is 10.0 Å². The van der Waals surface area contributed by atoms with Crippen molar-refractivity contribution in [1.29, 1.82) is 0 Å². The van der Waals surface area contributed by atoms with Gasteiger partial charge in [0.2, 0.25) is 0 Å². The van der Waals surface area contributed by atoms with Crippen molar-refractivity contribution in [1.82, 2.24) is 19.9 Å². The lowest BCUT2D eigenvalue weighted by molar-refractivity contribution is 0.0514. The van der Waals surface area contributed by atoms with Crippen LogP contribution < -0.4 is 10.1 Å². The Kier molecular flexibility index (Phi) is 8.77. The lowest BCUT2D eigenvalue weighted by Crippen LogP contribution is -2.44. The summed E-state index contributed by atoms with van der Waals surface area (Å²) in [5.74, 6) is 1.75. The first-order chi connectivity index (χ1) is 20.4. The first kappa shape index (κ1) is 30.9. The summed E-state index contributed by atoms with van der Waals surface area (Å²) in [6.45, 7) is 7.17. The number of nitrogens with zero attached hydrogens (tertiary/aromatic N) is 3. The molecule has 0 radical (unpaired) electrons. The molecule has 1 aromatic carbocycles. The maximum absolute atomic E-state index is 12.7. The predicted molar refractivity (Wildman–Crippen MR) is 175 cm³/mol. The van der Waals surface area contributed by atoms with Crippen molar-refractivity contribution in [3.8, 4) is 16.9 Å². The van der Waals surface area contributed by atoms with Crippen molar-refractivity contribution in [2.45, 2.75) is 51.4 Å². The number of benzene rings is 1. The highest BCUT2D eigenvalue weighted by Crippen LogP contribution is 2.42. The first-order valence-corrected chi connectivity index (χ1v) is 17.7. The lowest BCUT2D eigenvalue weighted by Gasteiger charge is -2.30. The molecule has 3 aromatic heterocycles. The molecule has 230 valence electrons. The van der Waals surface area contributed by atoms with E-state index in [-0.39, 0.29) is 0 Å². The van der Waals surface area contributed by atoms with Gasteiger partial charge in [0, 0.05) is 46.7 Å². The Morgan fingerprint density at radius 3 is 2.44 bits per heavy atom. The second kappa shape index (κ2) is 12.2. The van der Waals surface area contributed by atoms with E-state index in [1.165, 1.54) is 11.1 Å². The molecule has 8 nitrogen and oxygen atoms in total. The fourth-order valence-electron chi connectivity index (χ4n) is 5.67. The van der Waals surface area contributed by atoms with Crippen LogP contribution in [0.1, 0.15) is 37.6 Å². The number of nitrogens with one attached hydrogen (secondary N) is 1. The zero-order valence-electron chi connectivity index (χ0n) is 26.4.